The third kappa shape index (κ3) is 3.40. The zero-order valence-electron chi connectivity index (χ0n) is 10.5. The third-order valence-electron chi connectivity index (χ3n) is 3.43. The lowest BCUT2D eigenvalue weighted by molar-refractivity contribution is 0.0938. The molecule has 2 rings (SSSR count). The van der Waals surface area contributed by atoms with Crippen LogP contribution in [-0.4, -0.2) is 21.4 Å². The molecule has 4 nitrogen and oxygen atoms in total. The van der Waals surface area contributed by atoms with Gasteiger partial charge in [0.2, 0.25) is 5.88 Å². The van der Waals surface area contributed by atoms with Crippen molar-refractivity contribution in [2.45, 2.75) is 52.2 Å². The van der Waals surface area contributed by atoms with Crippen LogP contribution in [0.15, 0.2) is 12.1 Å². The number of hydrogen-bond donors (Lipinski definition) is 1. The number of nitrogens with zero attached hydrogens (tertiary/aromatic N) is 2. The summed E-state index contributed by atoms with van der Waals surface area (Å²) in [6, 6.07) is 3.52. The molecule has 0 aliphatic heterocycles. The second-order valence-corrected chi connectivity index (χ2v) is 5.50. The first kappa shape index (κ1) is 12.3. The van der Waals surface area contributed by atoms with E-state index in [2.05, 4.69) is 24.0 Å². The smallest absolute Gasteiger partial charge is 0.233 e. The fraction of sp³-hybridized carbons (Fsp3) is 0.692. The molecule has 1 aromatic heterocycles. The molecule has 0 aromatic carbocycles. The van der Waals surface area contributed by atoms with Gasteiger partial charge < -0.3 is 9.84 Å². The van der Waals surface area contributed by atoms with Gasteiger partial charge in [-0.1, -0.05) is 13.8 Å². The summed E-state index contributed by atoms with van der Waals surface area (Å²) in [7, 11) is 0. The average molecular weight is 236 g/mol. The molecule has 1 fully saturated rings. The predicted octanol–water partition coefficient (Wildman–Crippen LogP) is 2.32. The van der Waals surface area contributed by atoms with Gasteiger partial charge in [0, 0.05) is 6.07 Å². The highest BCUT2D eigenvalue weighted by molar-refractivity contribution is 5.11. The van der Waals surface area contributed by atoms with Crippen LogP contribution in [0.2, 0.25) is 0 Å². The van der Waals surface area contributed by atoms with E-state index in [1.807, 2.05) is 0 Å². The van der Waals surface area contributed by atoms with Crippen LogP contribution in [0.25, 0.3) is 0 Å². The van der Waals surface area contributed by atoms with Crippen molar-refractivity contribution in [1.29, 1.82) is 0 Å². The minimum Gasteiger partial charge on any atom is -0.473 e. The number of rotatable bonds is 3. The summed E-state index contributed by atoms with van der Waals surface area (Å²) in [5.41, 5.74) is 1.02. The molecule has 0 amide bonds. The van der Waals surface area contributed by atoms with Crippen LogP contribution in [0.5, 0.6) is 5.88 Å². The lowest BCUT2D eigenvalue weighted by Gasteiger charge is -2.33. The standard InChI is InChI=1S/C13H20N2O2/c1-13(2)7-5-11(6-8-13)17-12-4-3-10(9-16)14-15-12/h3-4,11,16H,5-9H2,1-2H3. The Morgan fingerprint density at radius 1 is 1.29 bits per heavy atom. The maximum Gasteiger partial charge on any atom is 0.233 e. The predicted molar refractivity (Wildman–Crippen MR) is 64.6 cm³/mol. The van der Waals surface area contributed by atoms with E-state index in [-0.39, 0.29) is 12.7 Å². The summed E-state index contributed by atoms with van der Waals surface area (Å²) in [6.07, 6.45) is 4.81. The van der Waals surface area contributed by atoms with Crippen molar-refractivity contribution in [2.24, 2.45) is 5.41 Å². The maximum absolute atomic E-state index is 8.86. The average Bonchev–Trinajstić information content (AvgIpc) is 2.33. The van der Waals surface area contributed by atoms with Gasteiger partial charge in [-0.15, -0.1) is 10.2 Å². The van der Waals surface area contributed by atoms with Gasteiger partial charge in [0.25, 0.3) is 0 Å². The minimum atomic E-state index is -0.0785. The summed E-state index contributed by atoms with van der Waals surface area (Å²) in [5.74, 6) is 0.562. The van der Waals surface area contributed by atoms with E-state index in [1.54, 1.807) is 12.1 Å². The van der Waals surface area contributed by atoms with Gasteiger partial charge in [-0.3, -0.25) is 0 Å². The molecule has 94 valence electrons. The highest BCUT2D eigenvalue weighted by Crippen LogP contribution is 2.36. The first-order chi connectivity index (χ1) is 8.09. The Kier molecular flexibility index (Phi) is 3.62. The zero-order chi connectivity index (χ0) is 12.3. The molecule has 17 heavy (non-hydrogen) atoms. The van der Waals surface area contributed by atoms with Crippen molar-refractivity contribution >= 4 is 0 Å². The van der Waals surface area contributed by atoms with Gasteiger partial charge in [-0.25, -0.2) is 0 Å². The zero-order valence-corrected chi connectivity index (χ0v) is 10.5. The van der Waals surface area contributed by atoms with Gasteiger partial charge in [0.15, 0.2) is 0 Å². The van der Waals surface area contributed by atoms with E-state index in [1.165, 1.54) is 12.8 Å². The summed E-state index contributed by atoms with van der Waals surface area (Å²) in [6.45, 7) is 4.53. The normalized spacial score (nSPS) is 20.2. The van der Waals surface area contributed by atoms with Crippen molar-refractivity contribution in [1.82, 2.24) is 10.2 Å². The second kappa shape index (κ2) is 5.00. The fourth-order valence-corrected chi connectivity index (χ4v) is 2.16. The van der Waals surface area contributed by atoms with Gasteiger partial charge in [0.05, 0.1) is 12.3 Å². The topological polar surface area (TPSA) is 55.2 Å². The second-order valence-electron chi connectivity index (χ2n) is 5.50. The summed E-state index contributed by atoms with van der Waals surface area (Å²) < 4.78 is 5.79. The van der Waals surface area contributed by atoms with Crippen LogP contribution in [0.1, 0.15) is 45.2 Å². The van der Waals surface area contributed by atoms with Crippen LogP contribution in [-0.2, 0) is 6.61 Å². The van der Waals surface area contributed by atoms with E-state index in [4.69, 9.17) is 9.84 Å². The Balaban J connectivity index is 1.89. The number of ether oxygens (including phenoxy) is 1. The molecule has 0 radical (unpaired) electrons. The molecule has 0 saturated heterocycles. The van der Waals surface area contributed by atoms with E-state index in [0.29, 0.717) is 17.0 Å². The fourth-order valence-electron chi connectivity index (χ4n) is 2.16. The first-order valence-corrected chi connectivity index (χ1v) is 6.19. The minimum absolute atomic E-state index is 0.0785. The van der Waals surface area contributed by atoms with Crippen molar-refractivity contribution in [3.63, 3.8) is 0 Å². The van der Waals surface area contributed by atoms with E-state index < -0.39 is 0 Å². The molecular formula is C13H20N2O2. The molecule has 1 aliphatic carbocycles. The van der Waals surface area contributed by atoms with Gasteiger partial charge in [0.1, 0.15) is 6.10 Å². The molecule has 1 heterocycles. The molecular weight excluding hydrogens is 216 g/mol. The Hall–Kier alpha value is -1.16. The van der Waals surface area contributed by atoms with Crippen molar-refractivity contribution in [3.05, 3.63) is 17.8 Å². The maximum atomic E-state index is 8.86. The van der Waals surface area contributed by atoms with Crippen LogP contribution in [0.4, 0.5) is 0 Å². The number of aliphatic hydroxyl groups excluding tert-OH is 1. The highest BCUT2D eigenvalue weighted by Gasteiger charge is 2.27. The third-order valence-corrected chi connectivity index (χ3v) is 3.43. The summed E-state index contributed by atoms with van der Waals surface area (Å²) >= 11 is 0. The van der Waals surface area contributed by atoms with Crippen LogP contribution in [0.3, 0.4) is 0 Å². The van der Waals surface area contributed by atoms with Crippen molar-refractivity contribution in [3.8, 4) is 5.88 Å². The molecule has 0 atom stereocenters. The Morgan fingerprint density at radius 2 is 2.00 bits per heavy atom. The number of aromatic nitrogens is 2. The lowest BCUT2D eigenvalue weighted by Crippen LogP contribution is -2.28. The SMILES string of the molecule is CC1(C)CCC(Oc2ccc(CO)nn2)CC1. The highest BCUT2D eigenvalue weighted by atomic mass is 16.5. The molecule has 0 bridgehead atoms. The Bertz CT molecular complexity index is 352. The monoisotopic (exact) mass is 236 g/mol. The number of aliphatic hydroxyl groups is 1. The number of hydrogen-bond acceptors (Lipinski definition) is 4. The molecule has 1 aromatic rings. The molecule has 1 N–H and O–H groups in total. The van der Waals surface area contributed by atoms with Crippen LogP contribution >= 0.6 is 0 Å². The lowest BCUT2D eigenvalue weighted by atomic mass is 9.76. The van der Waals surface area contributed by atoms with Gasteiger partial charge in [-0.05, 0) is 37.2 Å². The van der Waals surface area contributed by atoms with Gasteiger partial charge >= 0.3 is 0 Å². The summed E-state index contributed by atoms with van der Waals surface area (Å²) in [4.78, 5) is 0. The Morgan fingerprint density at radius 3 is 2.53 bits per heavy atom. The van der Waals surface area contributed by atoms with Crippen LogP contribution < -0.4 is 4.74 Å². The largest absolute Gasteiger partial charge is 0.473 e. The molecule has 0 unspecified atom stereocenters. The van der Waals surface area contributed by atoms with Crippen molar-refractivity contribution < 1.29 is 9.84 Å². The molecule has 0 spiro atoms. The molecule has 1 aliphatic rings. The Labute approximate surface area is 102 Å². The van der Waals surface area contributed by atoms with E-state index >= 15 is 0 Å². The summed E-state index contributed by atoms with van der Waals surface area (Å²) in [5, 5.41) is 16.7. The van der Waals surface area contributed by atoms with E-state index in [9.17, 15) is 0 Å². The molecule has 1 saturated carbocycles. The molecule has 4 heteroatoms. The van der Waals surface area contributed by atoms with E-state index in [0.717, 1.165) is 12.8 Å². The quantitative estimate of drug-likeness (QED) is 0.875. The van der Waals surface area contributed by atoms with Crippen molar-refractivity contribution in [2.75, 3.05) is 0 Å². The first-order valence-electron chi connectivity index (χ1n) is 6.19. The van der Waals surface area contributed by atoms with Gasteiger partial charge in [-0.2, -0.15) is 0 Å². The van der Waals surface area contributed by atoms with Crippen LogP contribution in [0, 0.1) is 5.41 Å².